The molecule has 2 rings (SSSR count). The van der Waals surface area contributed by atoms with E-state index in [4.69, 9.17) is 21.4 Å². The van der Waals surface area contributed by atoms with Crippen LogP contribution in [0.25, 0.3) is 0 Å². The highest BCUT2D eigenvalue weighted by Crippen LogP contribution is 2.23. The Morgan fingerprint density at radius 3 is 2.95 bits per heavy atom. The SMILES string of the molecule is COc1cccc(Nc2nc(Cl)ncc2C(=O)O)c1. The first-order valence-corrected chi connectivity index (χ1v) is 5.65. The topological polar surface area (TPSA) is 84.3 Å². The van der Waals surface area contributed by atoms with E-state index in [1.165, 1.54) is 0 Å². The van der Waals surface area contributed by atoms with Crippen LogP contribution >= 0.6 is 11.6 Å². The zero-order chi connectivity index (χ0) is 13.8. The average Bonchev–Trinajstić information content (AvgIpc) is 2.38. The number of ether oxygens (including phenoxy) is 1. The predicted molar refractivity (Wildman–Crippen MR) is 70.3 cm³/mol. The van der Waals surface area contributed by atoms with E-state index < -0.39 is 5.97 Å². The van der Waals surface area contributed by atoms with Crippen LogP contribution in [-0.4, -0.2) is 28.2 Å². The maximum atomic E-state index is 11.1. The van der Waals surface area contributed by atoms with Crippen molar-refractivity contribution in [2.24, 2.45) is 0 Å². The van der Waals surface area contributed by atoms with Crippen molar-refractivity contribution < 1.29 is 14.6 Å². The summed E-state index contributed by atoms with van der Waals surface area (Å²) in [5, 5.41) is 11.9. The maximum Gasteiger partial charge on any atom is 0.341 e. The molecule has 2 aromatic rings. The van der Waals surface area contributed by atoms with Crippen molar-refractivity contribution in [2.75, 3.05) is 12.4 Å². The number of carboxylic acid groups (broad SMARTS) is 1. The highest BCUT2D eigenvalue weighted by atomic mass is 35.5. The fraction of sp³-hybridized carbons (Fsp3) is 0.0833. The van der Waals surface area contributed by atoms with Crippen molar-refractivity contribution in [2.45, 2.75) is 0 Å². The normalized spacial score (nSPS) is 10.0. The number of carbonyl (C=O) groups is 1. The van der Waals surface area contributed by atoms with Gasteiger partial charge in [-0.15, -0.1) is 0 Å². The Bertz CT molecular complexity index is 619. The van der Waals surface area contributed by atoms with Gasteiger partial charge in [0.2, 0.25) is 5.28 Å². The molecule has 0 saturated carbocycles. The molecule has 1 aromatic heterocycles. The molecule has 0 aliphatic heterocycles. The van der Waals surface area contributed by atoms with Crippen molar-refractivity contribution in [1.82, 2.24) is 9.97 Å². The number of nitrogens with one attached hydrogen (secondary N) is 1. The van der Waals surface area contributed by atoms with Gasteiger partial charge in [0.25, 0.3) is 0 Å². The Hall–Kier alpha value is -2.34. The molecule has 0 saturated heterocycles. The first-order valence-electron chi connectivity index (χ1n) is 5.27. The van der Waals surface area contributed by atoms with Gasteiger partial charge < -0.3 is 15.2 Å². The number of rotatable bonds is 4. The van der Waals surface area contributed by atoms with Crippen LogP contribution in [0.1, 0.15) is 10.4 Å². The highest BCUT2D eigenvalue weighted by molar-refractivity contribution is 6.28. The molecule has 7 heteroatoms. The third kappa shape index (κ3) is 3.11. The Morgan fingerprint density at radius 2 is 2.26 bits per heavy atom. The smallest absolute Gasteiger partial charge is 0.341 e. The fourth-order valence-corrected chi connectivity index (χ4v) is 1.58. The lowest BCUT2D eigenvalue weighted by molar-refractivity contribution is 0.0697. The van der Waals surface area contributed by atoms with E-state index in [0.29, 0.717) is 11.4 Å². The molecule has 98 valence electrons. The zero-order valence-corrected chi connectivity index (χ0v) is 10.7. The van der Waals surface area contributed by atoms with Gasteiger partial charge in [0.15, 0.2) is 0 Å². The molecule has 1 aromatic carbocycles. The van der Waals surface area contributed by atoms with Crippen LogP contribution in [0, 0.1) is 0 Å². The number of carboxylic acids is 1. The summed E-state index contributed by atoms with van der Waals surface area (Å²) in [5.41, 5.74) is 0.573. The number of nitrogens with zero attached hydrogens (tertiary/aromatic N) is 2. The van der Waals surface area contributed by atoms with Gasteiger partial charge in [-0.1, -0.05) is 6.07 Å². The number of aromatic carboxylic acids is 1. The van der Waals surface area contributed by atoms with E-state index in [2.05, 4.69) is 15.3 Å². The summed E-state index contributed by atoms with van der Waals surface area (Å²) in [6.07, 6.45) is 1.15. The molecule has 0 radical (unpaired) electrons. The Balaban J connectivity index is 2.36. The minimum absolute atomic E-state index is 0.0320. The van der Waals surface area contributed by atoms with E-state index >= 15 is 0 Å². The summed E-state index contributed by atoms with van der Waals surface area (Å²) in [4.78, 5) is 18.6. The second kappa shape index (κ2) is 5.53. The van der Waals surface area contributed by atoms with Gasteiger partial charge in [-0.05, 0) is 23.7 Å². The van der Waals surface area contributed by atoms with Crippen molar-refractivity contribution in [3.63, 3.8) is 0 Å². The molecule has 0 aliphatic rings. The van der Waals surface area contributed by atoms with Crippen molar-refractivity contribution in [1.29, 1.82) is 0 Å². The standard InChI is InChI=1S/C12H10ClN3O3/c1-19-8-4-2-3-7(5-8)15-10-9(11(17)18)6-14-12(13)16-10/h2-6H,1H3,(H,17,18)(H,14,15,16). The molecule has 0 unspecified atom stereocenters. The minimum atomic E-state index is -1.14. The molecule has 0 bridgehead atoms. The van der Waals surface area contributed by atoms with E-state index in [9.17, 15) is 4.79 Å². The van der Waals surface area contributed by atoms with Gasteiger partial charge in [-0.3, -0.25) is 0 Å². The molecule has 0 fully saturated rings. The minimum Gasteiger partial charge on any atom is -0.497 e. The van der Waals surface area contributed by atoms with Gasteiger partial charge in [0.05, 0.1) is 7.11 Å². The number of halogens is 1. The molecular weight excluding hydrogens is 270 g/mol. The second-order valence-electron chi connectivity index (χ2n) is 3.56. The summed E-state index contributed by atoms with van der Waals surface area (Å²) in [6, 6.07) is 7.01. The Labute approximate surface area is 114 Å². The maximum absolute atomic E-state index is 11.1. The van der Waals surface area contributed by atoms with Crippen LogP contribution in [0.2, 0.25) is 5.28 Å². The molecule has 6 nitrogen and oxygen atoms in total. The molecule has 0 aliphatic carbocycles. The van der Waals surface area contributed by atoms with E-state index in [0.717, 1.165) is 6.20 Å². The number of aromatic nitrogens is 2. The fourth-order valence-electron chi connectivity index (χ4n) is 1.45. The Morgan fingerprint density at radius 1 is 1.47 bits per heavy atom. The zero-order valence-electron chi connectivity index (χ0n) is 9.92. The van der Waals surface area contributed by atoms with Crippen LogP contribution in [0.5, 0.6) is 5.75 Å². The third-order valence-corrected chi connectivity index (χ3v) is 2.50. The first kappa shape index (κ1) is 13.1. The van der Waals surface area contributed by atoms with Crippen LogP contribution < -0.4 is 10.1 Å². The van der Waals surface area contributed by atoms with Crippen LogP contribution in [0.4, 0.5) is 11.5 Å². The molecule has 19 heavy (non-hydrogen) atoms. The molecular formula is C12H10ClN3O3. The van der Waals surface area contributed by atoms with Gasteiger partial charge in [0.1, 0.15) is 17.1 Å². The molecule has 1 heterocycles. The number of hydrogen-bond donors (Lipinski definition) is 2. The molecule has 0 amide bonds. The largest absolute Gasteiger partial charge is 0.497 e. The molecule has 2 N–H and O–H groups in total. The van der Waals surface area contributed by atoms with E-state index in [-0.39, 0.29) is 16.7 Å². The van der Waals surface area contributed by atoms with Crippen LogP contribution in [0.15, 0.2) is 30.5 Å². The number of anilines is 2. The molecule has 0 atom stereocenters. The van der Waals surface area contributed by atoms with Gasteiger partial charge in [-0.25, -0.2) is 9.78 Å². The lowest BCUT2D eigenvalue weighted by atomic mass is 10.2. The number of benzene rings is 1. The number of methoxy groups -OCH3 is 1. The predicted octanol–water partition coefficient (Wildman–Crippen LogP) is 2.58. The lowest BCUT2D eigenvalue weighted by Crippen LogP contribution is -2.06. The van der Waals surface area contributed by atoms with Gasteiger partial charge in [0, 0.05) is 18.0 Å². The number of hydrogen-bond acceptors (Lipinski definition) is 5. The lowest BCUT2D eigenvalue weighted by Gasteiger charge is -2.09. The summed E-state index contributed by atoms with van der Waals surface area (Å²) in [6.45, 7) is 0. The van der Waals surface area contributed by atoms with E-state index in [1.54, 1.807) is 31.4 Å². The van der Waals surface area contributed by atoms with E-state index in [1.807, 2.05) is 0 Å². The Kier molecular flexibility index (Phi) is 3.82. The third-order valence-electron chi connectivity index (χ3n) is 2.32. The summed E-state index contributed by atoms with van der Waals surface area (Å²) in [7, 11) is 1.54. The van der Waals surface area contributed by atoms with Crippen LogP contribution in [0.3, 0.4) is 0 Å². The van der Waals surface area contributed by atoms with Crippen molar-refractivity contribution >= 4 is 29.1 Å². The average molecular weight is 280 g/mol. The first-order chi connectivity index (χ1) is 9.10. The summed E-state index contributed by atoms with van der Waals surface area (Å²) in [5.74, 6) is -0.371. The van der Waals surface area contributed by atoms with Crippen LogP contribution in [-0.2, 0) is 0 Å². The summed E-state index contributed by atoms with van der Waals surface area (Å²) < 4.78 is 5.08. The van der Waals surface area contributed by atoms with Crippen molar-refractivity contribution in [3.8, 4) is 5.75 Å². The molecule has 0 spiro atoms. The van der Waals surface area contributed by atoms with Crippen molar-refractivity contribution in [3.05, 3.63) is 41.3 Å². The quantitative estimate of drug-likeness (QED) is 0.837. The highest BCUT2D eigenvalue weighted by Gasteiger charge is 2.13. The van der Waals surface area contributed by atoms with Gasteiger partial charge >= 0.3 is 5.97 Å². The van der Waals surface area contributed by atoms with Gasteiger partial charge in [-0.2, -0.15) is 4.98 Å². The second-order valence-corrected chi connectivity index (χ2v) is 3.90. The summed E-state index contributed by atoms with van der Waals surface area (Å²) >= 11 is 5.67. The monoisotopic (exact) mass is 279 g/mol.